The number of hydrogen-bond donors (Lipinski definition) is 1. The maximum atomic E-state index is 12.6. The van der Waals surface area contributed by atoms with Gasteiger partial charge in [-0.2, -0.15) is 4.98 Å². The minimum Gasteiger partial charge on any atom is -0.334 e. The van der Waals surface area contributed by atoms with E-state index in [9.17, 15) is 9.32 Å². The molecule has 0 unspecified atom stereocenters. The van der Waals surface area contributed by atoms with Gasteiger partial charge in [-0.05, 0) is 76.4 Å². The number of nitrogens with zero attached hydrogens (tertiary/aromatic N) is 3. The summed E-state index contributed by atoms with van der Waals surface area (Å²) in [4.78, 5) is 22.4. The summed E-state index contributed by atoms with van der Waals surface area (Å²) < 4.78 is 18.2. The number of piperidine rings is 1. The zero-order valence-corrected chi connectivity index (χ0v) is 25.6. The molecule has 43 heavy (non-hydrogen) atoms. The van der Waals surface area contributed by atoms with E-state index >= 15 is 0 Å². The summed E-state index contributed by atoms with van der Waals surface area (Å²) in [5.74, 6) is 0.0933. The molecule has 2 N–H and O–H groups in total. The van der Waals surface area contributed by atoms with Gasteiger partial charge in [-0.25, -0.2) is 4.79 Å². The third kappa shape index (κ3) is 8.60. The molecular weight excluding hydrogens is 567 g/mol. The third-order valence-corrected chi connectivity index (χ3v) is 7.51. The highest BCUT2D eigenvalue weighted by Gasteiger charge is 2.42. The van der Waals surface area contributed by atoms with Crippen molar-refractivity contribution in [1.82, 2.24) is 15.0 Å². The summed E-state index contributed by atoms with van der Waals surface area (Å²) in [6.07, 6.45) is 3.13. The quantitative estimate of drug-likeness (QED) is 0.203. The first-order chi connectivity index (χ1) is 20.5. The molecule has 5 rings (SSSR count). The van der Waals surface area contributed by atoms with Crippen molar-refractivity contribution in [3.63, 3.8) is 0 Å². The number of allylic oxidation sites excluding steroid dienone is 1. The Balaban J connectivity index is 0.000000782. The molecule has 1 aliphatic rings. The Hall–Kier alpha value is -3.85. The van der Waals surface area contributed by atoms with Crippen molar-refractivity contribution >= 4 is 17.6 Å². The summed E-state index contributed by atoms with van der Waals surface area (Å²) in [7, 11) is 0. The van der Waals surface area contributed by atoms with Gasteiger partial charge in [-0.15, -0.1) is 6.58 Å². The number of likely N-dealkylation sites (tertiary alicyclic amines) is 1. The number of benzene rings is 3. The van der Waals surface area contributed by atoms with E-state index in [-0.39, 0.29) is 5.54 Å². The fraction of sp³-hybridized carbons (Fsp3) is 0.324. The van der Waals surface area contributed by atoms with Crippen LogP contribution in [0, 0.1) is 5.41 Å². The molecule has 2 heterocycles. The molecule has 226 valence electrons. The molecule has 1 fully saturated rings. The number of aromatic nitrogens is 2. The minimum absolute atomic E-state index is 0. The molecule has 0 radical (unpaired) electrons. The fourth-order valence-electron chi connectivity index (χ4n) is 4.96. The number of rotatable bonds is 8. The maximum absolute atomic E-state index is 12.6. The standard InChI is InChI=1S/C30H27ClFN3O3.C4H11N/c1-2-14-30(29(36)37-32)15-17-35(18-16-30)20-21-8-10-23(11-9-21)27-33-28(38-34-27)24-12-13-25(26(31)19-24)22-6-4-3-5-7-22;1-4(2,3)5/h2-13,19H,1,14-18,20H2;5H2,1-3H3. The van der Waals surface area contributed by atoms with Crippen molar-refractivity contribution in [2.45, 2.75) is 52.1 Å². The second-order valence-corrected chi connectivity index (χ2v) is 12.4. The first kappa shape index (κ1) is 32.1. The van der Waals surface area contributed by atoms with Gasteiger partial charge in [0.2, 0.25) is 5.82 Å². The molecule has 0 saturated carbocycles. The van der Waals surface area contributed by atoms with Crippen molar-refractivity contribution in [2.24, 2.45) is 11.1 Å². The molecule has 4 aromatic rings. The molecule has 1 saturated heterocycles. The number of hydrogen-bond acceptors (Lipinski definition) is 7. The second kappa shape index (κ2) is 14.1. The highest BCUT2D eigenvalue weighted by Crippen LogP contribution is 2.37. The highest BCUT2D eigenvalue weighted by molar-refractivity contribution is 6.33. The van der Waals surface area contributed by atoms with Gasteiger partial charge in [0.15, 0.2) is 0 Å². The van der Waals surface area contributed by atoms with E-state index in [1.165, 1.54) is 0 Å². The first-order valence-corrected chi connectivity index (χ1v) is 14.6. The monoisotopic (exact) mass is 604 g/mol. The average molecular weight is 605 g/mol. The van der Waals surface area contributed by atoms with Crippen LogP contribution in [0.3, 0.4) is 0 Å². The zero-order chi connectivity index (χ0) is 31.0. The van der Waals surface area contributed by atoms with Crippen LogP contribution < -0.4 is 5.73 Å². The maximum Gasteiger partial charge on any atom is 0.355 e. The van der Waals surface area contributed by atoms with Gasteiger partial charge in [-0.1, -0.05) is 83.5 Å². The molecule has 0 bridgehead atoms. The lowest BCUT2D eigenvalue weighted by Gasteiger charge is -2.38. The molecule has 0 aliphatic carbocycles. The van der Waals surface area contributed by atoms with Gasteiger partial charge < -0.3 is 10.3 Å². The van der Waals surface area contributed by atoms with Crippen LogP contribution in [0.25, 0.3) is 34.0 Å². The predicted molar refractivity (Wildman–Crippen MR) is 169 cm³/mol. The van der Waals surface area contributed by atoms with Crippen LogP contribution in [0.1, 0.15) is 45.6 Å². The highest BCUT2D eigenvalue weighted by atomic mass is 35.5. The SMILES string of the molecule is C=CCC1(C(=O)OF)CCN(Cc2ccc(-c3noc(-c4ccc(-c5ccccc5)c(Cl)c4)n3)cc2)CC1.CC(C)(C)N. The third-order valence-electron chi connectivity index (χ3n) is 7.20. The van der Waals surface area contributed by atoms with Crippen LogP contribution in [-0.4, -0.2) is 39.6 Å². The summed E-state index contributed by atoms with van der Waals surface area (Å²) in [5.41, 5.74) is 9.22. The van der Waals surface area contributed by atoms with Gasteiger partial charge in [-0.3, -0.25) is 9.84 Å². The van der Waals surface area contributed by atoms with Crippen molar-refractivity contribution in [2.75, 3.05) is 13.1 Å². The molecule has 3 aromatic carbocycles. The summed E-state index contributed by atoms with van der Waals surface area (Å²) in [5, 5.41) is 4.76. The van der Waals surface area contributed by atoms with Crippen molar-refractivity contribution in [3.8, 4) is 34.0 Å². The lowest BCUT2D eigenvalue weighted by Crippen LogP contribution is -2.44. The van der Waals surface area contributed by atoms with Crippen molar-refractivity contribution in [3.05, 3.63) is 96.0 Å². The topological polar surface area (TPSA) is 94.5 Å². The van der Waals surface area contributed by atoms with E-state index < -0.39 is 11.4 Å². The van der Waals surface area contributed by atoms with E-state index in [0.717, 1.165) is 34.4 Å². The Labute approximate surface area is 257 Å². The Bertz CT molecular complexity index is 1500. The smallest absolute Gasteiger partial charge is 0.334 e. The molecule has 0 spiro atoms. The molecule has 0 atom stereocenters. The van der Waals surface area contributed by atoms with E-state index in [0.29, 0.717) is 49.1 Å². The van der Waals surface area contributed by atoms with Crippen LogP contribution in [0.5, 0.6) is 0 Å². The van der Waals surface area contributed by atoms with Gasteiger partial charge in [0, 0.05) is 38.3 Å². The summed E-state index contributed by atoms with van der Waals surface area (Å²) in [6, 6.07) is 23.6. The van der Waals surface area contributed by atoms with Gasteiger partial charge in [0.1, 0.15) is 0 Å². The molecule has 1 aromatic heterocycles. The van der Waals surface area contributed by atoms with E-state index in [1.54, 1.807) is 6.08 Å². The largest absolute Gasteiger partial charge is 0.355 e. The summed E-state index contributed by atoms with van der Waals surface area (Å²) in [6.45, 7) is 11.7. The molecular formula is C34H38ClFN4O3. The van der Waals surface area contributed by atoms with E-state index in [4.69, 9.17) is 21.9 Å². The lowest BCUT2D eigenvalue weighted by atomic mass is 9.75. The predicted octanol–water partition coefficient (Wildman–Crippen LogP) is 8.05. The van der Waals surface area contributed by atoms with Crippen molar-refractivity contribution < 1.29 is 18.8 Å². The Morgan fingerprint density at radius 2 is 1.70 bits per heavy atom. The number of nitrogens with two attached hydrogens (primary N) is 1. The Kier molecular flexibility index (Phi) is 10.5. The summed E-state index contributed by atoms with van der Waals surface area (Å²) >= 11 is 6.55. The number of carbonyl (C=O) groups excluding carboxylic acids is 1. The number of carbonyl (C=O) groups is 1. The lowest BCUT2D eigenvalue weighted by molar-refractivity contribution is -0.199. The van der Waals surface area contributed by atoms with Crippen LogP contribution in [0.15, 0.2) is 90.0 Å². The number of halogens is 2. The average Bonchev–Trinajstić information content (AvgIpc) is 3.48. The molecule has 9 heteroatoms. The van der Waals surface area contributed by atoms with Gasteiger partial charge >= 0.3 is 5.97 Å². The Morgan fingerprint density at radius 3 is 2.28 bits per heavy atom. The van der Waals surface area contributed by atoms with Crippen LogP contribution in [0.4, 0.5) is 4.53 Å². The van der Waals surface area contributed by atoms with E-state index in [1.807, 2.05) is 93.6 Å². The van der Waals surface area contributed by atoms with Crippen LogP contribution in [0.2, 0.25) is 5.02 Å². The first-order valence-electron chi connectivity index (χ1n) is 14.2. The van der Waals surface area contributed by atoms with Crippen LogP contribution in [-0.2, 0) is 16.3 Å². The normalized spacial score (nSPS) is 14.8. The van der Waals surface area contributed by atoms with Gasteiger partial charge in [0.25, 0.3) is 5.89 Å². The molecule has 0 amide bonds. The van der Waals surface area contributed by atoms with Gasteiger partial charge in [0.05, 0.1) is 5.41 Å². The second-order valence-electron chi connectivity index (χ2n) is 12.0. The van der Waals surface area contributed by atoms with E-state index in [2.05, 4.69) is 26.6 Å². The van der Waals surface area contributed by atoms with Crippen LogP contribution >= 0.6 is 11.6 Å². The van der Waals surface area contributed by atoms with Crippen molar-refractivity contribution in [1.29, 1.82) is 0 Å². The minimum atomic E-state index is -0.820. The Morgan fingerprint density at radius 1 is 1.07 bits per heavy atom. The fourth-order valence-corrected chi connectivity index (χ4v) is 5.25. The molecule has 1 aliphatic heterocycles. The molecule has 7 nitrogen and oxygen atoms in total. The zero-order valence-electron chi connectivity index (χ0n) is 24.9.